The summed E-state index contributed by atoms with van der Waals surface area (Å²) in [6, 6.07) is 13.2. The smallest absolute Gasteiger partial charge is 0.221 e. The van der Waals surface area contributed by atoms with Crippen LogP contribution in [0.1, 0.15) is 18.1 Å². The Morgan fingerprint density at radius 2 is 1.78 bits per heavy atom. The van der Waals surface area contributed by atoms with Gasteiger partial charge in [-0.15, -0.1) is 24.0 Å². The Kier molecular flexibility index (Phi) is 10.5. The predicted molar refractivity (Wildman–Crippen MR) is 125 cm³/mol. The zero-order valence-corrected chi connectivity index (χ0v) is 19.0. The van der Waals surface area contributed by atoms with Crippen LogP contribution in [0.3, 0.4) is 0 Å². The van der Waals surface area contributed by atoms with E-state index in [1.807, 2.05) is 36.4 Å². The van der Waals surface area contributed by atoms with Gasteiger partial charge >= 0.3 is 0 Å². The van der Waals surface area contributed by atoms with E-state index in [1.54, 1.807) is 13.1 Å². The molecule has 0 radical (unpaired) electrons. The van der Waals surface area contributed by atoms with Gasteiger partial charge in [0, 0.05) is 42.8 Å². The van der Waals surface area contributed by atoms with Crippen molar-refractivity contribution >= 4 is 64.7 Å². The molecule has 0 atom stereocenters. The second-order valence-corrected chi connectivity index (χ2v) is 6.56. The maximum absolute atomic E-state index is 11.0. The van der Waals surface area contributed by atoms with E-state index in [-0.39, 0.29) is 29.9 Å². The highest BCUT2D eigenvalue weighted by atomic mass is 127. The molecule has 146 valence electrons. The number of anilines is 1. The SMILES string of the molecule is CN=C(NCCc1ccc(NC(C)=O)cc1)NCc1ccc(Cl)cc1Cl.I. The lowest BCUT2D eigenvalue weighted by atomic mass is 10.1. The molecule has 1 amide bonds. The van der Waals surface area contributed by atoms with Crippen molar-refractivity contribution in [3.8, 4) is 0 Å². The van der Waals surface area contributed by atoms with E-state index < -0.39 is 0 Å². The number of halogens is 3. The van der Waals surface area contributed by atoms with Gasteiger partial charge in [0.1, 0.15) is 0 Å². The van der Waals surface area contributed by atoms with Crippen molar-refractivity contribution in [3.63, 3.8) is 0 Å². The quantitative estimate of drug-likeness (QED) is 0.299. The third-order valence-corrected chi connectivity index (χ3v) is 4.25. The third kappa shape index (κ3) is 8.36. The van der Waals surface area contributed by atoms with Crippen molar-refractivity contribution in [3.05, 3.63) is 63.6 Å². The molecule has 0 spiro atoms. The molecule has 0 heterocycles. The lowest BCUT2D eigenvalue weighted by Crippen LogP contribution is -2.37. The van der Waals surface area contributed by atoms with Gasteiger partial charge in [-0.25, -0.2) is 0 Å². The zero-order chi connectivity index (χ0) is 18.9. The highest BCUT2D eigenvalue weighted by molar-refractivity contribution is 14.0. The Hall–Kier alpha value is -1.51. The molecule has 0 fully saturated rings. The fraction of sp³-hybridized carbons (Fsp3) is 0.263. The molecule has 0 aliphatic carbocycles. The fourth-order valence-electron chi connectivity index (χ4n) is 2.35. The van der Waals surface area contributed by atoms with Gasteiger partial charge in [0.05, 0.1) is 0 Å². The van der Waals surface area contributed by atoms with E-state index in [1.165, 1.54) is 12.5 Å². The fourth-order valence-corrected chi connectivity index (χ4v) is 2.82. The number of hydrogen-bond donors (Lipinski definition) is 3. The van der Waals surface area contributed by atoms with E-state index in [0.717, 1.165) is 24.2 Å². The number of benzene rings is 2. The van der Waals surface area contributed by atoms with Crippen LogP contribution in [0.25, 0.3) is 0 Å². The molecule has 0 unspecified atom stereocenters. The van der Waals surface area contributed by atoms with Crippen molar-refractivity contribution in [2.75, 3.05) is 18.9 Å². The van der Waals surface area contributed by atoms with Crippen molar-refractivity contribution in [1.29, 1.82) is 0 Å². The molecule has 0 aliphatic heterocycles. The lowest BCUT2D eigenvalue weighted by molar-refractivity contribution is -0.114. The minimum atomic E-state index is -0.0740. The van der Waals surface area contributed by atoms with Crippen LogP contribution in [0.2, 0.25) is 10.0 Å². The van der Waals surface area contributed by atoms with Crippen LogP contribution in [0, 0.1) is 0 Å². The first kappa shape index (κ1) is 23.5. The van der Waals surface area contributed by atoms with E-state index in [0.29, 0.717) is 22.5 Å². The second-order valence-electron chi connectivity index (χ2n) is 5.72. The van der Waals surface area contributed by atoms with Gasteiger partial charge < -0.3 is 16.0 Å². The average molecular weight is 521 g/mol. The molecule has 0 aromatic heterocycles. The van der Waals surface area contributed by atoms with Crippen LogP contribution >= 0.6 is 47.2 Å². The number of rotatable bonds is 6. The van der Waals surface area contributed by atoms with Crippen LogP contribution in [-0.4, -0.2) is 25.5 Å². The molecule has 2 aromatic carbocycles. The number of guanidine groups is 1. The molecular formula is C19H23Cl2IN4O. The van der Waals surface area contributed by atoms with Gasteiger partial charge in [-0.05, 0) is 41.8 Å². The van der Waals surface area contributed by atoms with Crippen LogP contribution < -0.4 is 16.0 Å². The minimum absolute atomic E-state index is 0. The van der Waals surface area contributed by atoms with Crippen LogP contribution in [0.4, 0.5) is 5.69 Å². The van der Waals surface area contributed by atoms with Crippen molar-refractivity contribution in [1.82, 2.24) is 10.6 Å². The number of carbonyl (C=O) groups is 1. The van der Waals surface area contributed by atoms with Crippen molar-refractivity contribution < 1.29 is 4.79 Å². The topological polar surface area (TPSA) is 65.5 Å². The third-order valence-electron chi connectivity index (χ3n) is 3.67. The molecule has 2 aromatic rings. The Morgan fingerprint density at radius 1 is 1.07 bits per heavy atom. The summed E-state index contributed by atoms with van der Waals surface area (Å²) in [7, 11) is 1.72. The molecule has 2 rings (SSSR count). The van der Waals surface area contributed by atoms with Gasteiger partial charge in [-0.2, -0.15) is 0 Å². The van der Waals surface area contributed by atoms with E-state index in [4.69, 9.17) is 23.2 Å². The average Bonchev–Trinajstić information content (AvgIpc) is 2.60. The largest absolute Gasteiger partial charge is 0.356 e. The highest BCUT2D eigenvalue weighted by Crippen LogP contribution is 2.20. The van der Waals surface area contributed by atoms with Gasteiger partial charge in [-0.1, -0.05) is 41.4 Å². The Morgan fingerprint density at radius 3 is 2.37 bits per heavy atom. The summed E-state index contributed by atoms with van der Waals surface area (Å²) in [4.78, 5) is 15.2. The molecule has 27 heavy (non-hydrogen) atoms. The highest BCUT2D eigenvalue weighted by Gasteiger charge is 2.03. The number of nitrogens with one attached hydrogen (secondary N) is 3. The van der Waals surface area contributed by atoms with Crippen LogP contribution in [0.5, 0.6) is 0 Å². The zero-order valence-electron chi connectivity index (χ0n) is 15.2. The number of amides is 1. The molecule has 3 N–H and O–H groups in total. The maximum atomic E-state index is 11.0. The Bertz CT molecular complexity index is 782. The Balaban J connectivity index is 0.00000364. The van der Waals surface area contributed by atoms with Gasteiger partial charge in [-0.3, -0.25) is 9.79 Å². The first-order valence-electron chi connectivity index (χ1n) is 8.23. The monoisotopic (exact) mass is 520 g/mol. The number of carbonyl (C=O) groups excluding carboxylic acids is 1. The summed E-state index contributed by atoms with van der Waals surface area (Å²) in [6.07, 6.45) is 0.836. The van der Waals surface area contributed by atoms with E-state index >= 15 is 0 Å². The van der Waals surface area contributed by atoms with E-state index in [2.05, 4.69) is 20.9 Å². The molecular weight excluding hydrogens is 498 g/mol. The first-order valence-corrected chi connectivity index (χ1v) is 8.98. The molecule has 8 heteroatoms. The van der Waals surface area contributed by atoms with Crippen LogP contribution in [0.15, 0.2) is 47.5 Å². The molecule has 0 saturated carbocycles. The summed E-state index contributed by atoms with van der Waals surface area (Å²) in [5, 5.41) is 10.5. The molecule has 0 saturated heterocycles. The second kappa shape index (κ2) is 12.0. The van der Waals surface area contributed by atoms with Gasteiger partial charge in [0.15, 0.2) is 5.96 Å². The lowest BCUT2D eigenvalue weighted by Gasteiger charge is -2.13. The summed E-state index contributed by atoms with van der Waals surface area (Å²) in [5.41, 5.74) is 2.92. The van der Waals surface area contributed by atoms with Gasteiger partial charge in [0.25, 0.3) is 0 Å². The first-order chi connectivity index (χ1) is 12.5. The van der Waals surface area contributed by atoms with Crippen LogP contribution in [-0.2, 0) is 17.8 Å². The molecule has 0 aliphatic rings. The summed E-state index contributed by atoms with van der Waals surface area (Å²) in [6.45, 7) is 2.78. The summed E-state index contributed by atoms with van der Waals surface area (Å²) >= 11 is 12.1. The van der Waals surface area contributed by atoms with Gasteiger partial charge in [0.2, 0.25) is 5.91 Å². The molecule has 5 nitrogen and oxygen atoms in total. The number of hydrogen-bond acceptors (Lipinski definition) is 2. The molecule has 0 bridgehead atoms. The van der Waals surface area contributed by atoms with Crippen molar-refractivity contribution in [2.24, 2.45) is 4.99 Å². The summed E-state index contributed by atoms with van der Waals surface area (Å²) in [5.74, 6) is 0.626. The minimum Gasteiger partial charge on any atom is -0.356 e. The Labute approximate surface area is 186 Å². The predicted octanol–water partition coefficient (Wildman–Crippen LogP) is 4.48. The number of aliphatic imine (C=N–C) groups is 1. The standard InChI is InChI=1S/C19H22Cl2N4O.HI/c1-13(26)25-17-7-3-14(4-8-17)9-10-23-19(22-2)24-12-15-5-6-16(20)11-18(15)21;/h3-8,11H,9-10,12H2,1-2H3,(H,25,26)(H2,22,23,24);1H. The van der Waals surface area contributed by atoms with Crippen molar-refractivity contribution in [2.45, 2.75) is 19.9 Å². The number of nitrogens with zero attached hydrogens (tertiary/aromatic N) is 1. The van der Waals surface area contributed by atoms with E-state index in [9.17, 15) is 4.79 Å². The maximum Gasteiger partial charge on any atom is 0.221 e. The normalized spacial score (nSPS) is 10.7. The summed E-state index contributed by atoms with van der Waals surface area (Å²) < 4.78 is 0.